The number of aromatic nitrogens is 2. The summed E-state index contributed by atoms with van der Waals surface area (Å²) in [6, 6.07) is 12.6. The standard InChI is InChI=1S/C18H17N3O3.C11H25N.C4H11N/c1-21-16-9-13(11-22)5-8-15(16)20-18(21)19-10-12-3-6-14(7-4-12)17(23)24-2;1-10(2)6-8-12(5)9-7-11(3)4;1-2-3-4-5/h3-9,11H,10H2,1-2H3,(H,19,20);10-11H,6-9H2,1-5H3;2-5H2,1H3. The number of rotatable bonds is 13. The Morgan fingerprint density at radius 3 is 2.15 bits per heavy atom. The number of anilines is 1. The lowest BCUT2D eigenvalue weighted by Crippen LogP contribution is -2.23. The third-order valence-corrected chi connectivity index (χ3v) is 6.60. The van der Waals surface area contributed by atoms with Crippen molar-refractivity contribution in [2.45, 2.75) is 66.8 Å². The summed E-state index contributed by atoms with van der Waals surface area (Å²) in [5.74, 6) is 2.04. The van der Waals surface area contributed by atoms with Crippen LogP contribution in [0.5, 0.6) is 0 Å². The van der Waals surface area contributed by atoms with Gasteiger partial charge in [-0.1, -0.05) is 53.2 Å². The third-order valence-electron chi connectivity index (χ3n) is 6.60. The second-order valence-corrected chi connectivity index (χ2v) is 11.2. The van der Waals surface area contributed by atoms with Gasteiger partial charge in [-0.25, -0.2) is 9.78 Å². The number of unbranched alkanes of at least 4 members (excludes halogenated alkanes) is 1. The van der Waals surface area contributed by atoms with E-state index in [9.17, 15) is 9.59 Å². The molecular formula is C33H53N5O3. The van der Waals surface area contributed by atoms with E-state index in [0.29, 0.717) is 23.6 Å². The van der Waals surface area contributed by atoms with Gasteiger partial charge in [0.1, 0.15) is 6.29 Å². The fourth-order valence-corrected chi connectivity index (χ4v) is 3.77. The number of aryl methyl sites for hydroxylation is 1. The van der Waals surface area contributed by atoms with Crippen LogP contribution in [0.4, 0.5) is 5.95 Å². The minimum Gasteiger partial charge on any atom is -0.465 e. The Morgan fingerprint density at radius 2 is 1.68 bits per heavy atom. The van der Waals surface area contributed by atoms with Gasteiger partial charge in [0.15, 0.2) is 0 Å². The van der Waals surface area contributed by atoms with E-state index in [1.165, 1.54) is 45.9 Å². The Hall–Kier alpha value is -3.23. The van der Waals surface area contributed by atoms with Gasteiger partial charge in [0.25, 0.3) is 0 Å². The van der Waals surface area contributed by atoms with Crippen molar-refractivity contribution in [2.75, 3.05) is 39.1 Å². The predicted octanol–water partition coefficient (Wildman–Crippen LogP) is 6.54. The molecule has 1 heterocycles. The Labute approximate surface area is 247 Å². The van der Waals surface area contributed by atoms with Gasteiger partial charge in [-0.3, -0.25) is 4.79 Å². The van der Waals surface area contributed by atoms with Crippen molar-refractivity contribution in [3.05, 3.63) is 59.2 Å². The van der Waals surface area contributed by atoms with Crippen molar-refractivity contribution < 1.29 is 14.3 Å². The number of carbonyl (C=O) groups is 2. The Morgan fingerprint density at radius 1 is 1.07 bits per heavy atom. The molecular weight excluding hydrogens is 514 g/mol. The van der Waals surface area contributed by atoms with Gasteiger partial charge in [-0.2, -0.15) is 0 Å². The highest BCUT2D eigenvalue weighted by molar-refractivity contribution is 5.89. The van der Waals surface area contributed by atoms with E-state index in [4.69, 9.17) is 5.73 Å². The number of fused-ring (bicyclic) bond motifs is 1. The molecule has 41 heavy (non-hydrogen) atoms. The van der Waals surface area contributed by atoms with Crippen LogP contribution >= 0.6 is 0 Å². The molecule has 228 valence electrons. The fourth-order valence-electron chi connectivity index (χ4n) is 3.77. The van der Waals surface area contributed by atoms with Crippen LogP contribution in [-0.4, -0.2) is 60.5 Å². The summed E-state index contributed by atoms with van der Waals surface area (Å²) in [6.07, 6.45) is 5.86. The van der Waals surface area contributed by atoms with Crippen molar-refractivity contribution >= 4 is 29.2 Å². The first-order valence-corrected chi connectivity index (χ1v) is 14.8. The number of aldehydes is 1. The van der Waals surface area contributed by atoms with Crippen LogP contribution in [0, 0.1) is 11.8 Å². The van der Waals surface area contributed by atoms with E-state index in [2.05, 4.69) is 61.6 Å². The maximum atomic E-state index is 11.4. The molecule has 0 aliphatic carbocycles. The minimum atomic E-state index is -0.351. The number of imidazole rings is 1. The molecule has 0 amide bonds. The van der Waals surface area contributed by atoms with Gasteiger partial charge in [0.05, 0.1) is 23.7 Å². The maximum absolute atomic E-state index is 11.4. The summed E-state index contributed by atoms with van der Waals surface area (Å²) in [4.78, 5) is 29.3. The van der Waals surface area contributed by atoms with E-state index in [1.807, 2.05) is 35.9 Å². The molecule has 3 aromatic rings. The van der Waals surface area contributed by atoms with Crippen LogP contribution in [-0.2, 0) is 18.3 Å². The van der Waals surface area contributed by atoms with Crippen LogP contribution in [0.1, 0.15) is 86.6 Å². The summed E-state index contributed by atoms with van der Waals surface area (Å²) in [5.41, 5.74) is 9.01. The molecule has 0 radical (unpaired) electrons. The molecule has 0 spiro atoms. The average Bonchev–Trinajstić information content (AvgIpc) is 3.29. The molecule has 1 aromatic heterocycles. The van der Waals surface area contributed by atoms with Gasteiger partial charge in [0, 0.05) is 19.2 Å². The molecule has 0 saturated carbocycles. The number of ether oxygens (including phenoxy) is 1. The highest BCUT2D eigenvalue weighted by atomic mass is 16.5. The molecule has 0 saturated heterocycles. The van der Waals surface area contributed by atoms with E-state index < -0.39 is 0 Å². The average molecular weight is 568 g/mol. The highest BCUT2D eigenvalue weighted by Crippen LogP contribution is 2.20. The first-order valence-electron chi connectivity index (χ1n) is 14.8. The second-order valence-electron chi connectivity index (χ2n) is 11.2. The molecule has 2 aromatic carbocycles. The summed E-state index contributed by atoms with van der Waals surface area (Å²) in [7, 11) is 5.48. The van der Waals surface area contributed by atoms with Gasteiger partial charge in [-0.15, -0.1) is 0 Å². The number of nitrogens with two attached hydrogens (primary N) is 1. The lowest BCUT2D eigenvalue weighted by molar-refractivity contribution is 0.0600. The monoisotopic (exact) mass is 567 g/mol. The molecule has 8 heteroatoms. The number of hydrogen-bond acceptors (Lipinski definition) is 7. The zero-order valence-corrected chi connectivity index (χ0v) is 26.6. The second kappa shape index (κ2) is 19.8. The van der Waals surface area contributed by atoms with Gasteiger partial charge in [-0.05, 0) is 93.7 Å². The van der Waals surface area contributed by atoms with Crippen molar-refractivity contribution in [3.63, 3.8) is 0 Å². The zero-order valence-electron chi connectivity index (χ0n) is 26.6. The maximum Gasteiger partial charge on any atom is 0.337 e. The lowest BCUT2D eigenvalue weighted by Gasteiger charge is -2.18. The van der Waals surface area contributed by atoms with Crippen molar-refractivity contribution in [3.8, 4) is 0 Å². The lowest BCUT2D eigenvalue weighted by atomic mass is 10.1. The zero-order chi connectivity index (χ0) is 30.8. The summed E-state index contributed by atoms with van der Waals surface area (Å²) < 4.78 is 6.59. The molecule has 0 fully saturated rings. The van der Waals surface area contributed by atoms with Gasteiger partial charge in [0.2, 0.25) is 5.95 Å². The number of nitrogens with zero attached hydrogens (tertiary/aromatic N) is 3. The third kappa shape index (κ3) is 13.8. The fraction of sp³-hybridized carbons (Fsp3) is 0.545. The molecule has 8 nitrogen and oxygen atoms in total. The SMILES string of the molecule is CC(C)CCN(C)CCC(C)C.CCCCN.COC(=O)c1ccc(CNc2nc3ccc(C=O)cc3n2C)cc1. The largest absolute Gasteiger partial charge is 0.465 e. The van der Waals surface area contributed by atoms with Crippen LogP contribution in [0.2, 0.25) is 0 Å². The normalized spacial score (nSPS) is 10.7. The molecule has 3 N–H and O–H groups in total. The Kier molecular flexibility index (Phi) is 17.3. The number of esters is 1. The van der Waals surface area contributed by atoms with E-state index in [1.54, 1.807) is 18.2 Å². The van der Waals surface area contributed by atoms with Crippen LogP contribution < -0.4 is 11.1 Å². The van der Waals surface area contributed by atoms with Crippen LogP contribution in [0.3, 0.4) is 0 Å². The van der Waals surface area contributed by atoms with Gasteiger partial charge < -0.3 is 25.3 Å². The Balaban J connectivity index is 0.000000414. The number of methoxy groups -OCH3 is 1. The molecule has 0 aliphatic heterocycles. The van der Waals surface area contributed by atoms with Crippen molar-refractivity contribution in [1.82, 2.24) is 14.5 Å². The first kappa shape index (κ1) is 35.8. The van der Waals surface area contributed by atoms with E-state index in [-0.39, 0.29) is 5.97 Å². The van der Waals surface area contributed by atoms with E-state index >= 15 is 0 Å². The quantitative estimate of drug-likeness (QED) is 0.179. The van der Waals surface area contributed by atoms with Crippen molar-refractivity contribution in [1.29, 1.82) is 0 Å². The molecule has 0 unspecified atom stereocenters. The first-order chi connectivity index (χ1) is 19.6. The van der Waals surface area contributed by atoms with E-state index in [0.717, 1.165) is 41.3 Å². The molecule has 3 rings (SSSR count). The number of hydrogen-bond donors (Lipinski definition) is 2. The molecule has 0 aliphatic rings. The number of carbonyl (C=O) groups excluding carboxylic acids is 2. The van der Waals surface area contributed by atoms with Crippen molar-refractivity contribution in [2.24, 2.45) is 24.6 Å². The molecule has 0 bridgehead atoms. The predicted molar refractivity (Wildman–Crippen MR) is 172 cm³/mol. The van der Waals surface area contributed by atoms with Gasteiger partial charge >= 0.3 is 5.97 Å². The Bertz CT molecular complexity index is 1140. The highest BCUT2D eigenvalue weighted by Gasteiger charge is 2.09. The molecule has 0 atom stereocenters. The number of nitrogens with one attached hydrogen (secondary N) is 1. The summed E-state index contributed by atoms with van der Waals surface area (Å²) >= 11 is 0. The smallest absolute Gasteiger partial charge is 0.337 e. The topological polar surface area (TPSA) is 102 Å². The van der Waals surface area contributed by atoms with Crippen LogP contribution in [0.25, 0.3) is 11.0 Å². The minimum absolute atomic E-state index is 0.351. The number of benzene rings is 2. The summed E-state index contributed by atoms with van der Waals surface area (Å²) in [5, 5.41) is 3.27. The summed E-state index contributed by atoms with van der Waals surface area (Å²) in [6.45, 7) is 15.2. The van der Waals surface area contributed by atoms with Crippen LogP contribution in [0.15, 0.2) is 42.5 Å².